The molecule has 1 aromatic rings. The van der Waals surface area contributed by atoms with Crippen LogP contribution in [0.15, 0.2) is 12.3 Å². The van der Waals surface area contributed by atoms with Crippen LogP contribution >= 0.6 is 11.6 Å². The molecule has 0 aliphatic carbocycles. The van der Waals surface area contributed by atoms with Gasteiger partial charge in [-0.05, 0) is 32.8 Å². The lowest BCUT2D eigenvalue weighted by atomic mass is 10.2. The van der Waals surface area contributed by atoms with Gasteiger partial charge in [0.05, 0.1) is 23.7 Å². The van der Waals surface area contributed by atoms with Gasteiger partial charge in [-0.2, -0.15) is 0 Å². The minimum Gasteiger partial charge on any atom is -0.490 e. The Morgan fingerprint density at radius 1 is 1.40 bits per heavy atom. The third-order valence-electron chi connectivity index (χ3n) is 2.22. The van der Waals surface area contributed by atoms with E-state index in [1.54, 1.807) is 12.3 Å². The van der Waals surface area contributed by atoms with Gasteiger partial charge in [-0.15, -0.1) is 0 Å². The largest absolute Gasteiger partial charge is 0.490 e. The highest BCUT2D eigenvalue weighted by molar-refractivity contribution is 6.32. The number of halogens is 1. The molecule has 0 aliphatic rings. The molecule has 5 heteroatoms. The molecular weight excluding hydrogens is 278 g/mol. The van der Waals surface area contributed by atoms with E-state index in [1.807, 2.05) is 34.6 Å². The molecule has 1 rings (SSSR count). The van der Waals surface area contributed by atoms with Crippen LogP contribution in [0.5, 0.6) is 5.75 Å². The first-order valence-electron chi connectivity index (χ1n) is 6.67. The zero-order chi connectivity index (χ0) is 15.3. The average molecular weight is 300 g/mol. The van der Waals surface area contributed by atoms with E-state index in [4.69, 9.17) is 21.1 Å². The fraction of sp³-hybridized carbons (Fsp3) is 0.600. The van der Waals surface area contributed by atoms with Crippen LogP contribution in [0.2, 0.25) is 5.02 Å². The zero-order valence-electron chi connectivity index (χ0n) is 12.7. The van der Waals surface area contributed by atoms with E-state index in [-0.39, 0.29) is 12.4 Å². The summed E-state index contributed by atoms with van der Waals surface area (Å²) in [4.78, 5) is 16.0. The average Bonchev–Trinajstić information content (AvgIpc) is 2.25. The molecule has 0 aromatic carbocycles. The fourth-order valence-corrected chi connectivity index (χ4v) is 1.73. The van der Waals surface area contributed by atoms with Crippen molar-refractivity contribution in [1.29, 1.82) is 0 Å². The maximum absolute atomic E-state index is 11.9. The molecule has 0 radical (unpaired) electrons. The van der Waals surface area contributed by atoms with Gasteiger partial charge in [0.25, 0.3) is 0 Å². The Balaban J connectivity index is 2.83. The van der Waals surface area contributed by atoms with Crippen LogP contribution < -0.4 is 4.74 Å². The summed E-state index contributed by atoms with van der Waals surface area (Å²) in [6.45, 7) is 10.1. The van der Waals surface area contributed by atoms with E-state index in [2.05, 4.69) is 4.98 Å². The summed E-state index contributed by atoms with van der Waals surface area (Å²) < 4.78 is 10.9. The maximum Gasteiger partial charge on any atom is 0.312 e. The summed E-state index contributed by atoms with van der Waals surface area (Å²) in [6.07, 6.45) is 1.61. The molecule has 0 aliphatic heterocycles. The number of rotatable bonds is 5. The second-order valence-electron chi connectivity index (χ2n) is 6.04. The van der Waals surface area contributed by atoms with Crippen molar-refractivity contribution in [3.8, 4) is 5.75 Å². The lowest BCUT2D eigenvalue weighted by Crippen LogP contribution is -2.25. The molecule has 0 atom stereocenters. The summed E-state index contributed by atoms with van der Waals surface area (Å²) in [6, 6.07) is 1.65. The van der Waals surface area contributed by atoms with Gasteiger partial charge in [-0.25, -0.2) is 0 Å². The SMILES string of the molecule is CC(C)COc1c(Cl)ccnc1CC(=O)OC(C)(C)C. The van der Waals surface area contributed by atoms with E-state index >= 15 is 0 Å². The normalized spacial score (nSPS) is 11.6. The Kier molecular flexibility index (Phi) is 5.81. The molecular formula is C15H22ClNO3. The van der Waals surface area contributed by atoms with E-state index in [0.717, 1.165) is 0 Å². The molecule has 0 spiro atoms. The highest BCUT2D eigenvalue weighted by Gasteiger charge is 2.20. The van der Waals surface area contributed by atoms with Gasteiger partial charge in [0, 0.05) is 6.20 Å². The molecule has 0 saturated heterocycles. The summed E-state index contributed by atoms with van der Waals surface area (Å²) in [5, 5.41) is 0.458. The highest BCUT2D eigenvalue weighted by Crippen LogP contribution is 2.28. The molecule has 0 unspecified atom stereocenters. The Hall–Kier alpha value is -1.29. The topological polar surface area (TPSA) is 48.4 Å². The second-order valence-corrected chi connectivity index (χ2v) is 6.44. The Labute approximate surface area is 125 Å². The lowest BCUT2D eigenvalue weighted by Gasteiger charge is -2.20. The Bertz CT molecular complexity index is 467. The summed E-state index contributed by atoms with van der Waals surface area (Å²) in [5.41, 5.74) is -0.0124. The van der Waals surface area contributed by atoms with Crippen LogP contribution in [-0.4, -0.2) is 23.2 Å². The maximum atomic E-state index is 11.9. The first kappa shape index (κ1) is 16.8. The minimum atomic E-state index is -0.519. The summed E-state index contributed by atoms with van der Waals surface area (Å²) in [7, 11) is 0. The number of aromatic nitrogens is 1. The molecule has 0 bridgehead atoms. The molecule has 0 saturated carbocycles. The van der Waals surface area contributed by atoms with Gasteiger partial charge in [0.1, 0.15) is 5.60 Å². The van der Waals surface area contributed by atoms with E-state index in [0.29, 0.717) is 29.0 Å². The summed E-state index contributed by atoms with van der Waals surface area (Å²) >= 11 is 6.11. The van der Waals surface area contributed by atoms with Gasteiger partial charge in [0.2, 0.25) is 0 Å². The molecule has 1 heterocycles. The van der Waals surface area contributed by atoms with E-state index in [1.165, 1.54) is 0 Å². The number of hydrogen-bond donors (Lipinski definition) is 0. The van der Waals surface area contributed by atoms with Crippen LogP contribution in [0.3, 0.4) is 0 Å². The molecule has 20 heavy (non-hydrogen) atoms. The van der Waals surface area contributed by atoms with Crippen LogP contribution in [-0.2, 0) is 16.0 Å². The Morgan fingerprint density at radius 3 is 2.60 bits per heavy atom. The highest BCUT2D eigenvalue weighted by atomic mass is 35.5. The number of nitrogens with zero attached hydrogens (tertiary/aromatic N) is 1. The predicted octanol–water partition coefficient (Wildman–Crippen LogP) is 3.65. The van der Waals surface area contributed by atoms with Crippen molar-refractivity contribution in [2.45, 2.75) is 46.6 Å². The van der Waals surface area contributed by atoms with Crippen molar-refractivity contribution < 1.29 is 14.3 Å². The van der Waals surface area contributed by atoms with Gasteiger partial charge >= 0.3 is 5.97 Å². The van der Waals surface area contributed by atoms with Crippen molar-refractivity contribution in [1.82, 2.24) is 4.98 Å². The van der Waals surface area contributed by atoms with Gasteiger partial charge in [-0.3, -0.25) is 9.78 Å². The molecule has 1 aromatic heterocycles. The van der Waals surface area contributed by atoms with Crippen LogP contribution in [0, 0.1) is 5.92 Å². The van der Waals surface area contributed by atoms with Crippen LogP contribution in [0.25, 0.3) is 0 Å². The second kappa shape index (κ2) is 6.93. The number of carbonyl (C=O) groups is 1. The number of carbonyl (C=O) groups excluding carboxylic acids is 1. The van der Waals surface area contributed by atoms with Crippen LogP contribution in [0.4, 0.5) is 0 Å². The first-order chi connectivity index (χ1) is 9.19. The van der Waals surface area contributed by atoms with Crippen molar-refractivity contribution in [2.24, 2.45) is 5.92 Å². The lowest BCUT2D eigenvalue weighted by molar-refractivity contribution is -0.154. The monoisotopic (exact) mass is 299 g/mol. The molecule has 0 N–H and O–H groups in total. The summed E-state index contributed by atoms with van der Waals surface area (Å²) in [5.74, 6) is 0.482. The van der Waals surface area contributed by atoms with Gasteiger partial charge in [-0.1, -0.05) is 25.4 Å². The predicted molar refractivity (Wildman–Crippen MR) is 79.1 cm³/mol. The molecule has 0 fully saturated rings. The van der Waals surface area contributed by atoms with E-state index < -0.39 is 5.60 Å². The third-order valence-corrected chi connectivity index (χ3v) is 2.52. The molecule has 112 valence electrons. The smallest absolute Gasteiger partial charge is 0.312 e. The van der Waals surface area contributed by atoms with Crippen LogP contribution in [0.1, 0.15) is 40.3 Å². The van der Waals surface area contributed by atoms with Crippen molar-refractivity contribution in [2.75, 3.05) is 6.61 Å². The Morgan fingerprint density at radius 2 is 2.05 bits per heavy atom. The van der Waals surface area contributed by atoms with Crippen molar-refractivity contribution >= 4 is 17.6 Å². The molecule has 0 amide bonds. The van der Waals surface area contributed by atoms with Gasteiger partial charge in [0.15, 0.2) is 5.75 Å². The number of esters is 1. The van der Waals surface area contributed by atoms with Crippen molar-refractivity contribution in [3.05, 3.63) is 23.0 Å². The van der Waals surface area contributed by atoms with Crippen molar-refractivity contribution in [3.63, 3.8) is 0 Å². The molecule has 4 nitrogen and oxygen atoms in total. The fourth-order valence-electron chi connectivity index (χ4n) is 1.51. The first-order valence-corrected chi connectivity index (χ1v) is 7.05. The standard InChI is InChI=1S/C15H22ClNO3/c1-10(2)9-19-14-11(16)6-7-17-12(14)8-13(18)20-15(3,4)5/h6-7,10H,8-9H2,1-5H3. The number of hydrogen-bond acceptors (Lipinski definition) is 4. The van der Waals surface area contributed by atoms with Gasteiger partial charge < -0.3 is 9.47 Å². The minimum absolute atomic E-state index is 0.0469. The van der Waals surface area contributed by atoms with E-state index in [9.17, 15) is 4.79 Å². The number of pyridine rings is 1. The quantitative estimate of drug-likeness (QED) is 0.779. The zero-order valence-corrected chi connectivity index (χ0v) is 13.5. The third kappa shape index (κ3) is 5.78. The number of ether oxygens (including phenoxy) is 2.